The monoisotopic (exact) mass is 351 g/mol. The number of methoxy groups -OCH3 is 1. The van der Waals surface area contributed by atoms with Crippen LogP contribution in [0.2, 0.25) is 0 Å². The molecular weight excluding hydrogens is 330 g/mol. The van der Waals surface area contributed by atoms with E-state index in [4.69, 9.17) is 9.47 Å². The zero-order chi connectivity index (χ0) is 13.4. The fourth-order valence-corrected chi connectivity index (χ4v) is 2.30. The number of ether oxygens (including phenoxy) is 2. The van der Waals surface area contributed by atoms with E-state index in [1.165, 1.54) is 18.4 Å². The predicted molar refractivity (Wildman–Crippen MR) is 85.7 cm³/mol. The zero-order valence-corrected chi connectivity index (χ0v) is 14.2. The van der Waals surface area contributed by atoms with Crippen molar-refractivity contribution in [3.05, 3.63) is 22.2 Å². The van der Waals surface area contributed by atoms with Gasteiger partial charge in [-0.05, 0) is 53.5 Å². The first-order valence-electron chi connectivity index (χ1n) is 6.42. The van der Waals surface area contributed by atoms with Crippen molar-refractivity contribution in [2.75, 3.05) is 20.3 Å². The Hall–Kier alpha value is -0.450. The Kier molecular flexibility index (Phi) is 10.1. The number of nitrogens with one attached hydrogen (secondary N) is 1. The maximum atomic E-state index is 5.56. The summed E-state index contributed by atoms with van der Waals surface area (Å²) in [5, 5.41) is 3.42. The molecule has 1 N–H and O–H groups in total. The van der Waals surface area contributed by atoms with Crippen LogP contribution in [0, 0.1) is 0 Å². The van der Waals surface area contributed by atoms with Gasteiger partial charge in [-0.3, -0.25) is 0 Å². The lowest BCUT2D eigenvalue weighted by Crippen LogP contribution is -2.14. The molecule has 0 unspecified atom stereocenters. The number of benzene rings is 1. The van der Waals surface area contributed by atoms with Crippen LogP contribution in [0.1, 0.15) is 32.3 Å². The van der Waals surface area contributed by atoms with E-state index >= 15 is 0 Å². The van der Waals surface area contributed by atoms with Crippen LogP contribution in [0.3, 0.4) is 0 Å². The van der Waals surface area contributed by atoms with E-state index in [1.807, 2.05) is 13.0 Å². The minimum Gasteiger partial charge on any atom is -0.493 e. The molecule has 0 bridgehead atoms. The van der Waals surface area contributed by atoms with Crippen molar-refractivity contribution in [3.63, 3.8) is 0 Å². The van der Waals surface area contributed by atoms with Crippen molar-refractivity contribution in [1.29, 1.82) is 0 Å². The third-order valence-electron chi connectivity index (χ3n) is 2.61. The highest BCUT2D eigenvalue weighted by Crippen LogP contribution is 2.36. The molecule has 0 amide bonds. The van der Waals surface area contributed by atoms with E-state index in [9.17, 15) is 0 Å². The quantitative estimate of drug-likeness (QED) is 0.712. The minimum absolute atomic E-state index is 0. The summed E-state index contributed by atoms with van der Waals surface area (Å²) in [4.78, 5) is 0. The summed E-state index contributed by atoms with van der Waals surface area (Å²) in [6.07, 6.45) is 2.42. The molecule has 19 heavy (non-hydrogen) atoms. The van der Waals surface area contributed by atoms with Crippen LogP contribution in [0.4, 0.5) is 0 Å². The van der Waals surface area contributed by atoms with Crippen LogP contribution < -0.4 is 14.8 Å². The molecule has 0 spiro atoms. The molecule has 5 heteroatoms. The van der Waals surface area contributed by atoms with Gasteiger partial charge in [0.25, 0.3) is 0 Å². The summed E-state index contributed by atoms with van der Waals surface area (Å²) in [5.41, 5.74) is 1.19. The summed E-state index contributed by atoms with van der Waals surface area (Å²) in [7, 11) is 1.67. The van der Waals surface area contributed by atoms with Crippen molar-refractivity contribution in [3.8, 4) is 11.5 Å². The van der Waals surface area contributed by atoms with E-state index in [2.05, 4.69) is 34.2 Å². The topological polar surface area (TPSA) is 30.5 Å². The van der Waals surface area contributed by atoms with Gasteiger partial charge in [-0.1, -0.05) is 13.3 Å². The lowest BCUT2D eigenvalue weighted by molar-refractivity contribution is 0.308. The fourth-order valence-electron chi connectivity index (χ4n) is 1.69. The number of halogens is 2. The summed E-state index contributed by atoms with van der Waals surface area (Å²) < 4.78 is 11.9. The van der Waals surface area contributed by atoms with Crippen LogP contribution in [0.15, 0.2) is 16.6 Å². The van der Waals surface area contributed by atoms with Crippen molar-refractivity contribution >= 4 is 28.3 Å². The second-order valence-electron chi connectivity index (χ2n) is 4.07. The van der Waals surface area contributed by atoms with E-state index in [1.54, 1.807) is 7.11 Å². The van der Waals surface area contributed by atoms with Crippen molar-refractivity contribution < 1.29 is 9.47 Å². The van der Waals surface area contributed by atoms with Gasteiger partial charge in [0, 0.05) is 6.54 Å². The van der Waals surface area contributed by atoms with E-state index in [-0.39, 0.29) is 12.4 Å². The molecule has 1 rings (SSSR count). The van der Waals surface area contributed by atoms with Crippen LogP contribution >= 0.6 is 28.3 Å². The summed E-state index contributed by atoms with van der Waals surface area (Å²) >= 11 is 3.53. The van der Waals surface area contributed by atoms with Crippen molar-refractivity contribution in [1.82, 2.24) is 5.32 Å². The molecule has 0 saturated carbocycles. The maximum absolute atomic E-state index is 5.56. The molecule has 0 radical (unpaired) electrons. The van der Waals surface area contributed by atoms with Gasteiger partial charge in [0.1, 0.15) is 0 Å². The van der Waals surface area contributed by atoms with Crippen molar-refractivity contribution in [2.24, 2.45) is 0 Å². The van der Waals surface area contributed by atoms with Gasteiger partial charge in [0.05, 0.1) is 18.2 Å². The molecule has 110 valence electrons. The first-order valence-corrected chi connectivity index (χ1v) is 7.22. The van der Waals surface area contributed by atoms with E-state index < -0.39 is 0 Å². The molecule has 3 nitrogen and oxygen atoms in total. The average Bonchev–Trinajstić information content (AvgIpc) is 2.37. The van der Waals surface area contributed by atoms with E-state index in [0.717, 1.165) is 29.1 Å². The van der Waals surface area contributed by atoms with Crippen molar-refractivity contribution in [2.45, 2.75) is 33.2 Å². The Labute approximate surface area is 130 Å². The second-order valence-corrected chi connectivity index (χ2v) is 4.93. The van der Waals surface area contributed by atoms with Crippen LogP contribution in [0.5, 0.6) is 11.5 Å². The first-order chi connectivity index (χ1) is 8.72. The SMILES string of the molecule is CCCCNCc1cc(Br)c(OCC)c(OC)c1.Cl. The third kappa shape index (κ3) is 6.02. The number of hydrogen-bond donors (Lipinski definition) is 1. The number of hydrogen-bond acceptors (Lipinski definition) is 3. The molecule has 1 aromatic rings. The molecular formula is C14H23BrClNO2. The lowest BCUT2D eigenvalue weighted by Gasteiger charge is -2.13. The molecule has 0 aliphatic carbocycles. The van der Waals surface area contributed by atoms with E-state index in [0.29, 0.717) is 6.61 Å². The van der Waals surface area contributed by atoms with Gasteiger partial charge < -0.3 is 14.8 Å². The molecule has 0 aliphatic rings. The first kappa shape index (κ1) is 18.6. The Morgan fingerprint density at radius 1 is 1.26 bits per heavy atom. The summed E-state index contributed by atoms with van der Waals surface area (Å²) in [6, 6.07) is 4.10. The zero-order valence-electron chi connectivity index (χ0n) is 11.8. The fraction of sp³-hybridized carbons (Fsp3) is 0.571. The summed E-state index contributed by atoms with van der Waals surface area (Å²) in [6.45, 7) is 6.68. The lowest BCUT2D eigenvalue weighted by atomic mass is 10.2. The van der Waals surface area contributed by atoms with Crippen LogP contribution in [-0.4, -0.2) is 20.3 Å². The molecule has 0 saturated heterocycles. The molecule has 0 aromatic heterocycles. The highest BCUT2D eigenvalue weighted by Gasteiger charge is 2.10. The molecule has 0 heterocycles. The smallest absolute Gasteiger partial charge is 0.175 e. The van der Waals surface area contributed by atoms with Gasteiger partial charge in [-0.2, -0.15) is 0 Å². The Bertz CT molecular complexity index is 375. The normalized spacial score (nSPS) is 9.89. The van der Waals surface area contributed by atoms with Gasteiger partial charge in [0.15, 0.2) is 11.5 Å². The third-order valence-corrected chi connectivity index (χ3v) is 3.20. The predicted octanol–water partition coefficient (Wildman–Crippen LogP) is 4.17. The average molecular weight is 353 g/mol. The highest BCUT2D eigenvalue weighted by molar-refractivity contribution is 9.10. The Balaban J connectivity index is 0.00000324. The number of rotatable bonds is 8. The molecule has 1 aromatic carbocycles. The second kappa shape index (κ2) is 10.4. The van der Waals surface area contributed by atoms with Gasteiger partial charge in [-0.15, -0.1) is 12.4 Å². The van der Waals surface area contributed by atoms with Crippen LogP contribution in [-0.2, 0) is 6.54 Å². The minimum atomic E-state index is 0. The Morgan fingerprint density at radius 2 is 2.00 bits per heavy atom. The highest BCUT2D eigenvalue weighted by atomic mass is 79.9. The largest absolute Gasteiger partial charge is 0.493 e. The molecule has 0 aliphatic heterocycles. The standard InChI is InChI=1S/C14H22BrNO2.ClH/c1-4-6-7-16-10-11-8-12(15)14(18-5-2)13(9-11)17-3;/h8-9,16H,4-7,10H2,1-3H3;1H. The molecule has 0 atom stereocenters. The molecule has 0 fully saturated rings. The van der Waals surface area contributed by atoms with Gasteiger partial charge >= 0.3 is 0 Å². The number of unbranched alkanes of at least 4 members (excludes halogenated alkanes) is 1. The maximum Gasteiger partial charge on any atom is 0.175 e. The van der Waals surface area contributed by atoms with Gasteiger partial charge in [0.2, 0.25) is 0 Å². The Morgan fingerprint density at radius 3 is 2.58 bits per heavy atom. The van der Waals surface area contributed by atoms with Crippen LogP contribution in [0.25, 0.3) is 0 Å². The summed E-state index contributed by atoms with van der Waals surface area (Å²) in [5.74, 6) is 1.55. The van der Waals surface area contributed by atoms with Gasteiger partial charge in [-0.25, -0.2) is 0 Å².